The van der Waals surface area contributed by atoms with Gasteiger partial charge in [-0.15, -0.1) is 11.8 Å². The van der Waals surface area contributed by atoms with Crippen molar-refractivity contribution in [3.05, 3.63) is 12.2 Å². The van der Waals surface area contributed by atoms with Gasteiger partial charge in [-0.1, -0.05) is 31.4 Å². The van der Waals surface area contributed by atoms with Gasteiger partial charge in [0, 0.05) is 51.6 Å². The third kappa shape index (κ3) is 12.1. The van der Waals surface area contributed by atoms with Crippen LogP contribution in [0.15, 0.2) is 12.2 Å². The van der Waals surface area contributed by atoms with Gasteiger partial charge in [-0.05, 0) is 52.4 Å². The fourth-order valence-electron chi connectivity index (χ4n) is 5.56. The van der Waals surface area contributed by atoms with Gasteiger partial charge in [-0.2, -0.15) is 0 Å². The Kier molecular flexibility index (Phi) is 14.6. The van der Waals surface area contributed by atoms with Crippen LogP contribution in [0.3, 0.4) is 0 Å². The molecule has 2 rings (SSSR count). The number of ether oxygens (including phenoxy) is 5. The summed E-state index contributed by atoms with van der Waals surface area (Å²) in [4.78, 5) is 35.3. The predicted molar refractivity (Wildman–Crippen MR) is 147 cm³/mol. The molecule has 1 saturated heterocycles. The smallest absolute Gasteiger partial charge is 0.305 e. The number of esters is 3. The minimum atomic E-state index is -0.607. The molecule has 0 aromatic carbocycles. The molecule has 0 aromatic heterocycles. The molecule has 0 amide bonds. The minimum absolute atomic E-state index is 0.000668. The largest absolute Gasteiger partial charge is 0.469 e. The van der Waals surface area contributed by atoms with E-state index in [0.717, 1.165) is 51.4 Å². The summed E-state index contributed by atoms with van der Waals surface area (Å²) in [5.74, 6) is 5.09. The van der Waals surface area contributed by atoms with Gasteiger partial charge in [0.15, 0.2) is 6.29 Å². The van der Waals surface area contributed by atoms with Crippen molar-refractivity contribution < 1.29 is 38.1 Å². The van der Waals surface area contributed by atoms with Crippen LogP contribution in [0.25, 0.3) is 0 Å². The van der Waals surface area contributed by atoms with Crippen LogP contribution in [0.1, 0.15) is 105 Å². The van der Waals surface area contributed by atoms with Crippen molar-refractivity contribution in [3.8, 4) is 11.8 Å². The van der Waals surface area contributed by atoms with Gasteiger partial charge in [0.2, 0.25) is 0 Å². The summed E-state index contributed by atoms with van der Waals surface area (Å²) in [5, 5.41) is 0. The Bertz CT molecular complexity index is 866. The van der Waals surface area contributed by atoms with E-state index in [4.69, 9.17) is 23.7 Å². The molecule has 39 heavy (non-hydrogen) atoms. The first-order valence-electron chi connectivity index (χ1n) is 14.5. The SMILES string of the molecule is CC#CCCC(C)(C=C[C@@H]1[C@@H](CCCCCCC(=O)OC)[C@@H](OC(C)=O)C[C@H]1OC(C)=O)OC1CCCCO1. The van der Waals surface area contributed by atoms with Crippen LogP contribution in [0.2, 0.25) is 0 Å². The van der Waals surface area contributed by atoms with E-state index in [0.29, 0.717) is 32.3 Å². The predicted octanol–water partition coefficient (Wildman–Crippen LogP) is 5.66. The molecule has 220 valence electrons. The summed E-state index contributed by atoms with van der Waals surface area (Å²) in [6.45, 7) is 7.40. The van der Waals surface area contributed by atoms with Crippen LogP contribution in [0, 0.1) is 23.7 Å². The summed E-state index contributed by atoms with van der Waals surface area (Å²) < 4.78 is 28.5. The van der Waals surface area contributed by atoms with Crippen LogP contribution < -0.4 is 0 Å². The highest BCUT2D eigenvalue weighted by Gasteiger charge is 2.45. The fourth-order valence-corrected chi connectivity index (χ4v) is 5.56. The molecule has 2 unspecified atom stereocenters. The van der Waals surface area contributed by atoms with Gasteiger partial charge >= 0.3 is 17.9 Å². The van der Waals surface area contributed by atoms with Crippen molar-refractivity contribution in [2.24, 2.45) is 11.8 Å². The number of hydrogen-bond donors (Lipinski definition) is 0. The van der Waals surface area contributed by atoms with Crippen LogP contribution in [0.4, 0.5) is 0 Å². The zero-order valence-electron chi connectivity index (χ0n) is 24.5. The summed E-state index contributed by atoms with van der Waals surface area (Å²) in [6.07, 6.45) is 12.8. The van der Waals surface area contributed by atoms with Crippen LogP contribution >= 0.6 is 0 Å². The van der Waals surface area contributed by atoms with E-state index in [9.17, 15) is 14.4 Å². The number of rotatable bonds is 15. The van der Waals surface area contributed by atoms with E-state index in [2.05, 4.69) is 30.9 Å². The maximum absolute atomic E-state index is 12.0. The van der Waals surface area contributed by atoms with Gasteiger partial charge in [0.1, 0.15) is 12.2 Å². The van der Waals surface area contributed by atoms with Gasteiger partial charge in [0.05, 0.1) is 12.7 Å². The zero-order chi connectivity index (χ0) is 28.7. The Hall–Kier alpha value is -2.37. The Labute approximate surface area is 234 Å². The average Bonchev–Trinajstić information content (AvgIpc) is 3.19. The first kappa shape index (κ1) is 32.8. The maximum atomic E-state index is 12.0. The molecule has 1 aliphatic heterocycles. The van der Waals surface area contributed by atoms with E-state index in [1.807, 2.05) is 6.92 Å². The number of unbranched alkanes of at least 4 members (excludes halogenated alkanes) is 3. The Morgan fingerprint density at radius 3 is 2.38 bits per heavy atom. The molecule has 1 saturated carbocycles. The normalized spacial score (nSPS) is 26.3. The average molecular weight is 549 g/mol. The third-order valence-corrected chi connectivity index (χ3v) is 7.53. The molecule has 1 aliphatic carbocycles. The molecule has 0 N–H and O–H groups in total. The molecule has 6 atom stereocenters. The Morgan fingerprint density at radius 2 is 1.74 bits per heavy atom. The highest BCUT2D eigenvalue weighted by atomic mass is 16.7. The first-order chi connectivity index (χ1) is 18.7. The lowest BCUT2D eigenvalue weighted by atomic mass is 9.86. The van der Waals surface area contributed by atoms with Gasteiger partial charge < -0.3 is 23.7 Å². The maximum Gasteiger partial charge on any atom is 0.305 e. The molecule has 8 nitrogen and oxygen atoms in total. The van der Waals surface area contributed by atoms with E-state index in [1.165, 1.54) is 21.0 Å². The second kappa shape index (κ2) is 17.3. The van der Waals surface area contributed by atoms with Crippen LogP contribution in [-0.2, 0) is 38.1 Å². The lowest BCUT2D eigenvalue weighted by Crippen LogP contribution is -2.35. The molecule has 0 radical (unpaired) electrons. The number of methoxy groups -OCH3 is 1. The summed E-state index contributed by atoms with van der Waals surface area (Å²) in [6, 6.07) is 0. The van der Waals surface area contributed by atoms with Crippen molar-refractivity contribution in [1.82, 2.24) is 0 Å². The van der Waals surface area contributed by atoms with Crippen molar-refractivity contribution in [1.29, 1.82) is 0 Å². The van der Waals surface area contributed by atoms with E-state index >= 15 is 0 Å². The molecule has 2 aliphatic rings. The lowest BCUT2D eigenvalue weighted by molar-refractivity contribution is -0.207. The van der Waals surface area contributed by atoms with E-state index in [-0.39, 0.29) is 42.1 Å². The minimum Gasteiger partial charge on any atom is -0.469 e. The Morgan fingerprint density at radius 1 is 1.03 bits per heavy atom. The molecule has 0 bridgehead atoms. The van der Waals surface area contributed by atoms with Crippen molar-refractivity contribution in [2.45, 2.75) is 129 Å². The van der Waals surface area contributed by atoms with Gasteiger partial charge in [0.25, 0.3) is 0 Å². The van der Waals surface area contributed by atoms with Gasteiger partial charge in [-0.25, -0.2) is 0 Å². The molecular formula is C31H48O8. The monoisotopic (exact) mass is 548 g/mol. The van der Waals surface area contributed by atoms with Crippen molar-refractivity contribution in [3.63, 3.8) is 0 Å². The molecule has 0 spiro atoms. The highest BCUT2D eigenvalue weighted by molar-refractivity contribution is 5.69. The first-order valence-corrected chi connectivity index (χ1v) is 14.5. The molecule has 1 heterocycles. The molecule has 0 aromatic rings. The Balaban J connectivity index is 2.20. The molecular weight excluding hydrogens is 500 g/mol. The molecule has 8 heteroatoms. The standard InChI is InChI=1S/C31H48O8/c1-6-7-13-19-31(4,39-30-17-12-14-21-36-30)20-18-26-25(15-10-8-9-11-16-29(34)35-5)27(37-23(2)32)22-28(26)38-24(3)33/h18,20,25-28,30H,8-17,19,21-22H2,1-5H3/t25-,26-,27+,28-,30?,31?/m1/s1. The third-order valence-electron chi connectivity index (χ3n) is 7.53. The number of carbonyl (C=O) groups is 3. The quantitative estimate of drug-likeness (QED) is 0.0850. The highest BCUT2D eigenvalue weighted by Crippen LogP contribution is 2.41. The van der Waals surface area contributed by atoms with E-state index < -0.39 is 11.7 Å². The van der Waals surface area contributed by atoms with Crippen LogP contribution in [0.5, 0.6) is 0 Å². The van der Waals surface area contributed by atoms with Crippen molar-refractivity contribution >= 4 is 17.9 Å². The lowest BCUT2D eigenvalue weighted by Gasteiger charge is -2.34. The van der Waals surface area contributed by atoms with Gasteiger partial charge in [-0.3, -0.25) is 14.4 Å². The zero-order valence-corrected chi connectivity index (χ0v) is 24.5. The number of hydrogen-bond acceptors (Lipinski definition) is 8. The second-order valence-corrected chi connectivity index (χ2v) is 10.8. The number of carbonyl (C=O) groups excluding carboxylic acids is 3. The second-order valence-electron chi connectivity index (χ2n) is 10.8. The molecule has 2 fully saturated rings. The summed E-state index contributed by atoms with van der Waals surface area (Å²) >= 11 is 0. The topological polar surface area (TPSA) is 97.4 Å². The van der Waals surface area contributed by atoms with Crippen molar-refractivity contribution in [2.75, 3.05) is 13.7 Å². The van der Waals surface area contributed by atoms with Crippen LogP contribution in [-0.4, -0.2) is 55.7 Å². The summed E-state index contributed by atoms with van der Waals surface area (Å²) in [7, 11) is 1.40. The summed E-state index contributed by atoms with van der Waals surface area (Å²) in [5.41, 5.74) is -0.607. The fraction of sp³-hybridized carbons (Fsp3) is 0.774. The van der Waals surface area contributed by atoms with E-state index in [1.54, 1.807) is 0 Å².